The van der Waals surface area contributed by atoms with Crippen LogP contribution in [0.3, 0.4) is 0 Å². The number of aliphatic hydroxyl groups is 1. The van der Waals surface area contributed by atoms with Gasteiger partial charge in [0.15, 0.2) is 0 Å². The Hall–Kier alpha value is -4.32. The van der Waals surface area contributed by atoms with Crippen molar-refractivity contribution in [3.8, 4) is 5.75 Å². The molecule has 1 aliphatic carbocycles. The molecule has 1 fully saturated rings. The van der Waals surface area contributed by atoms with E-state index < -0.39 is 12.1 Å². The number of carbonyl (C=O) groups excluding carboxylic acids is 4. The topological polar surface area (TPSA) is 166 Å². The van der Waals surface area contributed by atoms with E-state index in [-0.39, 0.29) is 54.3 Å². The maximum Gasteiger partial charge on any atom is 0.317 e. The minimum atomic E-state index is -0.441. The van der Waals surface area contributed by atoms with Crippen molar-refractivity contribution in [1.82, 2.24) is 15.1 Å². The Kier molecular flexibility index (Phi) is 13.5. The maximum absolute atomic E-state index is 13.8. The van der Waals surface area contributed by atoms with Gasteiger partial charge in [0.05, 0.1) is 36.1 Å². The fraction of sp³-hybridized carbons (Fsp3) is 0.556. The Morgan fingerprint density at radius 1 is 1.02 bits per heavy atom. The van der Waals surface area contributed by atoms with Crippen LogP contribution in [0, 0.1) is 5.92 Å². The summed E-state index contributed by atoms with van der Waals surface area (Å²) in [4.78, 5) is 55.1. The number of carbonyl (C=O) groups is 4. The van der Waals surface area contributed by atoms with Crippen molar-refractivity contribution in [1.29, 1.82) is 0 Å². The number of anilines is 3. The van der Waals surface area contributed by atoms with Crippen molar-refractivity contribution in [2.24, 2.45) is 5.92 Å². The summed E-state index contributed by atoms with van der Waals surface area (Å²) in [6.45, 7) is 4.21. The van der Waals surface area contributed by atoms with Crippen LogP contribution in [0.2, 0.25) is 0 Å². The van der Waals surface area contributed by atoms with E-state index in [0.717, 1.165) is 25.7 Å². The van der Waals surface area contributed by atoms with E-state index in [0.29, 0.717) is 61.6 Å². The number of para-hydroxylation sites is 2. The smallest absolute Gasteiger partial charge is 0.317 e. The summed E-state index contributed by atoms with van der Waals surface area (Å²) in [7, 11) is 1.75. The lowest BCUT2D eigenvalue weighted by molar-refractivity contribution is -0.116. The molecule has 262 valence electrons. The highest BCUT2D eigenvalue weighted by Gasteiger charge is 2.34. The summed E-state index contributed by atoms with van der Waals surface area (Å²) < 4.78 is 6.42. The third-order valence-corrected chi connectivity index (χ3v) is 9.22. The standard InChI is InChI=1S/C36H52N6O6/c1-24-21-42(25(2)23-43)35(46)28-20-27(38-33(44)16-8-5-9-17-34(45)40-30-15-11-10-14-29(30)37)18-19-31(28)48-32(24)22-41(3)36(47)39-26-12-6-4-7-13-26/h10-11,14-15,18-20,24-26,32,43H,4-9,12-13,16-17,21-23,37H2,1-3H3,(H,38,44)(H,39,47)(H,40,45)/t24-,25+,32-/m0/s1. The zero-order chi connectivity index (χ0) is 34.6. The van der Waals surface area contributed by atoms with Gasteiger partial charge in [0.25, 0.3) is 5.91 Å². The van der Waals surface area contributed by atoms with Gasteiger partial charge in [-0.3, -0.25) is 14.4 Å². The first-order chi connectivity index (χ1) is 23.0. The number of aliphatic hydroxyl groups excluding tert-OH is 1. The van der Waals surface area contributed by atoms with Gasteiger partial charge in [-0.25, -0.2) is 4.79 Å². The molecule has 1 aliphatic heterocycles. The van der Waals surface area contributed by atoms with E-state index in [4.69, 9.17) is 10.5 Å². The number of rotatable bonds is 13. The SMILES string of the molecule is C[C@H](CO)N1C[C@H](C)[C@H](CN(C)C(=O)NC2CCCCC2)Oc2ccc(NC(=O)CCCCCC(=O)Nc3ccccc3N)cc2C1=O. The van der Waals surface area contributed by atoms with Gasteiger partial charge < -0.3 is 41.3 Å². The van der Waals surface area contributed by atoms with Gasteiger partial charge in [-0.2, -0.15) is 0 Å². The molecule has 0 radical (unpaired) electrons. The van der Waals surface area contributed by atoms with Crippen LogP contribution < -0.4 is 26.4 Å². The van der Waals surface area contributed by atoms with E-state index in [9.17, 15) is 24.3 Å². The average Bonchev–Trinajstić information content (AvgIpc) is 3.07. The molecule has 0 saturated heterocycles. The van der Waals surface area contributed by atoms with Crippen LogP contribution in [0.15, 0.2) is 42.5 Å². The summed E-state index contributed by atoms with van der Waals surface area (Å²) in [5.74, 6) is -0.398. The molecule has 0 aromatic heterocycles. The maximum atomic E-state index is 13.8. The predicted molar refractivity (Wildman–Crippen MR) is 187 cm³/mol. The molecule has 5 amide bonds. The lowest BCUT2D eigenvalue weighted by Crippen LogP contribution is -2.52. The first kappa shape index (κ1) is 36.5. The van der Waals surface area contributed by atoms with Crippen molar-refractivity contribution >= 4 is 40.8 Å². The second-order valence-electron chi connectivity index (χ2n) is 13.2. The van der Waals surface area contributed by atoms with E-state index in [1.54, 1.807) is 60.2 Å². The van der Waals surface area contributed by atoms with Gasteiger partial charge in [-0.05, 0) is 62.9 Å². The number of hydrogen-bond donors (Lipinski definition) is 5. The minimum Gasteiger partial charge on any atom is -0.487 e. The molecule has 1 heterocycles. The molecule has 2 aromatic carbocycles. The van der Waals surface area contributed by atoms with Gasteiger partial charge >= 0.3 is 6.03 Å². The number of nitrogens with two attached hydrogens (primary N) is 1. The summed E-state index contributed by atoms with van der Waals surface area (Å²) in [6, 6.07) is 11.7. The molecule has 0 unspecified atom stereocenters. The normalized spacial score (nSPS) is 18.8. The Bertz CT molecular complexity index is 1410. The molecular weight excluding hydrogens is 612 g/mol. The van der Waals surface area contributed by atoms with Crippen LogP contribution in [0.5, 0.6) is 5.75 Å². The number of benzene rings is 2. The van der Waals surface area contributed by atoms with Crippen LogP contribution in [0.25, 0.3) is 0 Å². The molecule has 3 atom stereocenters. The zero-order valence-electron chi connectivity index (χ0n) is 28.5. The first-order valence-corrected chi connectivity index (χ1v) is 17.2. The van der Waals surface area contributed by atoms with Crippen LogP contribution in [0.1, 0.15) is 88.4 Å². The summed E-state index contributed by atoms with van der Waals surface area (Å²) >= 11 is 0. The molecule has 6 N–H and O–H groups in total. The number of unbranched alkanes of at least 4 members (excludes halogenated alkanes) is 2. The number of hydrogen-bond acceptors (Lipinski definition) is 7. The highest BCUT2D eigenvalue weighted by molar-refractivity contribution is 6.00. The Morgan fingerprint density at radius 3 is 2.40 bits per heavy atom. The summed E-state index contributed by atoms with van der Waals surface area (Å²) in [5, 5.41) is 18.8. The average molecular weight is 665 g/mol. The molecular formula is C36H52N6O6. The number of urea groups is 1. The lowest BCUT2D eigenvalue weighted by atomic mass is 9.96. The van der Waals surface area contributed by atoms with E-state index in [1.165, 1.54) is 6.42 Å². The second-order valence-corrected chi connectivity index (χ2v) is 13.2. The molecule has 12 heteroatoms. The number of nitrogens with zero attached hydrogens (tertiary/aromatic N) is 2. The van der Waals surface area contributed by atoms with E-state index in [2.05, 4.69) is 16.0 Å². The molecule has 0 spiro atoms. The number of likely N-dealkylation sites (N-methyl/N-ethyl adjacent to an activating group) is 1. The number of nitrogen functional groups attached to an aromatic ring is 1. The fourth-order valence-corrected chi connectivity index (χ4v) is 6.20. The highest BCUT2D eigenvalue weighted by Crippen LogP contribution is 2.31. The van der Waals surface area contributed by atoms with Crippen molar-refractivity contribution < 1.29 is 29.0 Å². The quantitative estimate of drug-likeness (QED) is 0.149. The third kappa shape index (κ3) is 10.3. The van der Waals surface area contributed by atoms with Gasteiger partial charge in [0.2, 0.25) is 11.8 Å². The van der Waals surface area contributed by atoms with Crippen molar-refractivity contribution in [2.75, 3.05) is 43.1 Å². The molecule has 2 aliphatic rings. The van der Waals surface area contributed by atoms with Gasteiger partial charge in [0, 0.05) is 44.1 Å². The molecule has 4 rings (SSSR count). The Balaban J connectivity index is 1.34. The summed E-state index contributed by atoms with van der Waals surface area (Å²) in [5.41, 5.74) is 7.72. The summed E-state index contributed by atoms with van der Waals surface area (Å²) in [6.07, 6.45) is 7.52. The van der Waals surface area contributed by atoms with Crippen molar-refractivity contribution in [2.45, 2.75) is 96.2 Å². The molecule has 0 bridgehead atoms. The molecule has 48 heavy (non-hydrogen) atoms. The zero-order valence-corrected chi connectivity index (χ0v) is 28.5. The molecule has 12 nitrogen and oxygen atoms in total. The first-order valence-electron chi connectivity index (χ1n) is 17.2. The van der Waals surface area contributed by atoms with Gasteiger partial charge in [-0.1, -0.05) is 44.7 Å². The predicted octanol–water partition coefficient (Wildman–Crippen LogP) is 4.99. The fourth-order valence-electron chi connectivity index (χ4n) is 6.20. The molecule has 2 aromatic rings. The third-order valence-electron chi connectivity index (χ3n) is 9.22. The minimum absolute atomic E-state index is 0.124. The molecule has 1 saturated carbocycles. The van der Waals surface area contributed by atoms with E-state index in [1.807, 2.05) is 13.0 Å². The number of ether oxygens (including phenoxy) is 1. The van der Waals surface area contributed by atoms with Crippen LogP contribution >= 0.6 is 0 Å². The lowest BCUT2D eigenvalue weighted by Gasteiger charge is -2.38. The number of nitrogens with one attached hydrogen (secondary N) is 3. The van der Waals surface area contributed by atoms with Crippen LogP contribution in [0.4, 0.5) is 21.9 Å². The highest BCUT2D eigenvalue weighted by atomic mass is 16.5. The number of amides is 5. The van der Waals surface area contributed by atoms with Gasteiger partial charge in [0.1, 0.15) is 11.9 Å². The van der Waals surface area contributed by atoms with Gasteiger partial charge in [-0.15, -0.1) is 0 Å². The van der Waals surface area contributed by atoms with E-state index >= 15 is 0 Å². The Morgan fingerprint density at radius 2 is 1.71 bits per heavy atom. The second kappa shape index (κ2) is 17.7. The largest absolute Gasteiger partial charge is 0.487 e. The van der Waals surface area contributed by atoms with Crippen LogP contribution in [-0.4, -0.2) is 83.6 Å². The van der Waals surface area contributed by atoms with Crippen molar-refractivity contribution in [3.05, 3.63) is 48.0 Å². The van der Waals surface area contributed by atoms with Crippen LogP contribution in [-0.2, 0) is 9.59 Å². The van der Waals surface area contributed by atoms with Crippen molar-refractivity contribution in [3.63, 3.8) is 0 Å². The number of fused-ring (bicyclic) bond motifs is 1. The Labute approximate surface area is 283 Å². The monoisotopic (exact) mass is 664 g/mol.